The topological polar surface area (TPSA) is 45.8 Å². The summed E-state index contributed by atoms with van der Waals surface area (Å²) in [6.07, 6.45) is 0. The van der Waals surface area contributed by atoms with Gasteiger partial charge in [-0.2, -0.15) is 5.10 Å². The lowest BCUT2D eigenvalue weighted by Crippen LogP contribution is -2.05. The van der Waals surface area contributed by atoms with Gasteiger partial charge in [-0.25, -0.2) is 9.49 Å². The highest BCUT2D eigenvalue weighted by atomic mass is 35.5. The second-order valence-corrected chi connectivity index (χ2v) is 3.34. The van der Waals surface area contributed by atoms with Gasteiger partial charge in [-0.1, -0.05) is 11.6 Å². The van der Waals surface area contributed by atoms with Crippen LogP contribution in [-0.2, 0) is 0 Å². The molecule has 0 saturated heterocycles. The van der Waals surface area contributed by atoms with Crippen LogP contribution in [0.1, 0.15) is 0 Å². The van der Waals surface area contributed by atoms with Gasteiger partial charge in [0, 0.05) is 11.6 Å². The first kappa shape index (κ1) is 9.86. The maximum Gasteiger partial charge on any atom is 0.264 e. The monoisotopic (exact) mass is 224 g/mol. The van der Waals surface area contributed by atoms with Crippen LogP contribution in [0.2, 0.25) is 5.02 Å². The molecule has 0 atom stereocenters. The summed E-state index contributed by atoms with van der Waals surface area (Å²) in [5.74, 6) is -0.482. The predicted octanol–water partition coefficient (Wildman–Crippen LogP) is 2.23. The van der Waals surface area contributed by atoms with Crippen LogP contribution < -0.4 is 5.56 Å². The molecule has 0 fully saturated rings. The van der Waals surface area contributed by atoms with E-state index in [9.17, 15) is 9.18 Å². The van der Waals surface area contributed by atoms with Crippen molar-refractivity contribution in [2.24, 2.45) is 0 Å². The molecule has 0 bridgehead atoms. The van der Waals surface area contributed by atoms with Crippen LogP contribution in [0, 0.1) is 5.82 Å². The summed E-state index contributed by atoms with van der Waals surface area (Å²) in [5.41, 5.74) is 0.904. The van der Waals surface area contributed by atoms with E-state index in [2.05, 4.69) is 10.2 Å². The third kappa shape index (κ3) is 2.05. The molecule has 0 aliphatic rings. The van der Waals surface area contributed by atoms with E-state index in [1.165, 1.54) is 18.2 Å². The number of nitrogens with one attached hydrogen (secondary N) is 1. The molecule has 1 heterocycles. The average Bonchev–Trinajstić information content (AvgIpc) is 2.23. The van der Waals surface area contributed by atoms with Gasteiger partial charge in [-0.05, 0) is 24.3 Å². The number of hydrogen-bond acceptors (Lipinski definition) is 2. The van der Waals surface area contributed by atoms with E-state index in [-0.39, 0.29) is 10.6 Å². The zero-order chi connectivity index (χ0) is 10.8. The summed E-state index contributed by atoms with van der Waals surface area (Å²) in [6, 6.07) is 7.14. The Morgan fingerprint density at radius 3 is 2.67 bits per heavy atom. The molecule has 0 radical (unpaired) electrons. The Morgan fingerprint density at radius 2 is 2.07 bits per heavy atom. The van der Waals surface area contributed by atoms with Crippen LogP contribution in [0.15, 0.2) is 35.1 Å². The first-order chi connectivity index (χ1) is 7.16. The molecule has 0 amide bonds. The molecule has 5 heteroatoms. The third-order valence-corrected chi connectivity index (χ3v) is 2.18. The van der Waals surface area contributed by atoms with Crippen molar-refractivity contribution in [3.05, 3.63) is 51.5 Å². The standard InChI is InChI=1S/C10H6ClFN2O/c11-7-5-6(1-2-8(7)12)9-3-4-10(15)14-13-9/h1-5H,(H,14,15). The van der Waals surface area contributed by atoms with Crippen molar-refractivity contribution in [3.8, 4) is 11.3 Å². The molecular weight excluding hydrogens is 219 g/mol. The molecule has 3 nitrogen and oxygen atoms in total. The Morgan fingerprint density at radius 1 is 1.27 bits per heavy atom. The Kier molecular flexibility index (Phi) is 2.51. The smallest absolute Gasteiger partial charge is 0.264 e. The van der Waals surface area contributed by atoms with E-state index < -0.39 is 5.82 Å². The summed E-state index contributed by atoms with van der Waals surface area (Å²) >= 11 is 5.62. The number of nitrogens with zero attached hydrogens (tertiary/aromatic N) is 1. The van der Waals surface area contributed by atoms with Gasteiger partial charge in [-0.3, -0.25) is 4.79 Å². The maximum absolute atomic E-state index is 12.9. The van der Waals surface area contributed by atoms with Crippen LogP contribution in [0.3, 0.4) is 0 Å². The molecule has 1 aromatic heterocycles. The van der Waals surface area contributed by atoms with Gasteiger partial charge in [0.05, 0.1) is 10.7 Å². The lowest BCUT2D eigenvalue weighted by Gasteiger charge is -2.00. The summed E-state index contributed by atoms with van der Waals surface area (Å²) in [6.45, 7) is 0. The van der Waals surface area contributed by atoms with Crippen LogP contribution in [-0.4, -0.2) is 10.2 Å². The Bertz CT molecular complexity index is 533. The molecule has 0 spiro atoms. The number of rotatable bonds is 1. The quantitative estimate of drug-likeness (QED) is 0.808. The van der Waals surface area contributed by atoms with Crippen molar-refractivity contribution in [1.29, 1.82) is 0 Å². The predicted molar refractivity (Wildman–Crippen MR) is 55.3 cm³/mol. The summed E-state index contributed by atoms with van der Waals surface area (Å²) in [7, 11) is 0. The second-order valence-electron chi connectivity index (χ2n) is 2.94. The van der Waals surface area contributed by atoms with Gasteiger partial charge < -0.3 is 0 Å². The highest BCUT2D eigenvalue weighted by molar-refractivity contribution is 6.31. The third-order valence-electron chi connectivity index (χ3n) is 1.89. The van der Waals surface area contributed by atoms with Crippen molar-refractivity contribution >= 4 is 11.6 Å². The lowest BCUT2D eigenvalue weighted by atomic mass is 10.1. The zero-order valence-corrected chi connectivity index (χ0v) is 8.25. The largest absolute Gasteiger partial charge is 0.268 e. The molecule has 1 N–H and O–H groups in total. The van der Waals surface area contributed by atoms with Crippen molar-refractivity contribution in [2.75, 3.05) is 0 Å². The van der Waals surface area contributed by atoms with Gasteiger partial charge >= 0.3 is 0 Å². The van der Waals surface area contributed by atoms with Gasteiger partial charge in [0.15, 0.2) is 0 Å². The minimum Gasteiger partial charge on any atom is -0.268 e. The van der Waals surface area contributed by atoms with Crippen LogP contribution >= 0.6 is 11.6 Å². The SMILES string of the molecule is O=c1ccc(-c2ccc(F)c(Cl)c2)n[nH]1. The molecule has 1 aromatic carbocycles. The molecule has 0 unspecified atom stereocenters. The second kappa shape index (κ2) is 3.82. The van der Waals surface area contributed by atoms with E-state index in [1.807, 2.05) is 0 Å². The molecule has 2 aromatic rings. The van der Waals surface area contributed by atoms with Crippen molar-refractivity contribution in [1.82, 2.24) is 10.2 Å². The van der Waals surface area contributed by atoms with E-state index >= 15 is 0 Å². The molecule has 0 aliphatic heterocycles. The van der Waals surface area contributed by atoms with Crippen LogP contribution in [0.25, 0.3) is 11.3 Å². The number of H-pyrrole nitrogens is 1. The highest BCUT2D eigenvalue weighted by Gasteiger charge is 2.03. The molecule has 76 valence electrons. The van der Waals surface area contributed by atoms with Crippen molar-refractivity contribution in [3.63, 3.8) is 0 Å². The molecule has 2 rings (SSSR count). The van der Waals surface area contributed by atoms with Crippen molar-refractivity contribution < 1.29 is 4.39 Å². The first-order valence-corrected chi connectivity index (χ1v) is 4.56. The van der Waals surface area contributed by atoms with Crippen LogP contribution in [0.4, 0.5) is 4.39 Å². The van der Waals surface area contributed by atoms with E-state index in [0.29, 0.717) is 11.3 Å². The van der Waals surface area contributed by atoms with Gasteiger partial charge in [0.25, 0.3) is 5.56 Å². The zero-order valence-electron chi connectivity index (χ0n) is 7.50. The fourth-order valence-corrected chi connectivity index (χ4v) is 1.34. The maximum atomic E-state index is 12.9. The van der Waals surface area contributed by atoms with Crippen LogP contribution in [0.5, 0.6) is 0 Å². The minimum absolute atomic E-state index is 0.0282. The summed E-state index contributed by atoms with van der Waals surface area (Å²) in [4.78, 5) is 10.8. The van der Waals surface area contributed by atoms with Crippen molar-refractivity contribution in [2.45, 2.75) is 0 Å². The Hall–Kier alpha value is -1.68. The highest BCUT2D eigenvalue weighted by Crippen LogP contribution is 2.22. The molecule has 15 heavy (non-hydrogen) atoms. The number of benzene rings is 1. The fraction of sp³-hybridized carbons (Fsp3) is 0. The fourth-order valence-electron chi connectivity index (χ4n) is 1.16. The van der Waals surface area contributed by atoms with E-state index in [1.54, 1.807) is 12.1 Å². The summed E-state index contributed by atoms with van der Waals surface area (Å²) in [5, 5.41) is 6.12. The Balaban J connectivity index is 2.50. The Labute approximate surface area is 89.5 Å². The van der Waals surface area contributed by atoms with Gasteiger partial charge in [0.1, 0.15) is 5.82 Å². The van der Waals surface area contributed by atoms with Gasteiger partial charge in [0.2, 0.25) is 0 Å². The van der Waals surface area contributed by atoms with E-state index in [4.69, 9.17) is 11.6 Å². The number of aromatic amines is 1. The normalized spacial score (nSPS) is 10.3. The number of aromatic nitrogens is 2. The molecule has 0 aliphatic carbocycles. The lowest BCUT2D eigenvalue weighted by molar-refractivity contribution is 0.628. The van der Waals surface area contributed by atoms with E-state index in [0.717, 1.165) is 0 Å². The van der Waals surface area contributed by atoms with Gasteiger partial charge in [-0.15, -0.1) is 0 Å². The summed E-state index contributed by atoms with van der Waals surface area (Å²) < 4.78 is 12.9. The molecular formula is C10H6ClFN2O. The first-order valence-electron chi connectivity index (χ1n) is 4.18. The minimum atomic E-state index is -0.482. The average molecular weight is 225 g/mol. The number of hydrogen-bond donors (Lipinski definition) is 1. The number of halogens is 2. The molecule has 0 saturated carbocycles.